The SMILES string of the molecule is CCc1cc(C(F)(F)F)c(OCc2c(I)cccc2OC(=O)OC)cc1F. The summed E-state index contributed by atoms with van der Waals surface area (Å²) in [6.45, 7) is 1.20. The number of carbonyl (C=O) groups excluding carboxylic acids is 1. The van der Waals surface area contributed by atoms with E-state index in [1.807, 2.05) is 22.6 Å². The number of benzene rings is 2. The van der Waals surface area contributed by atoms with E-state index in [2.05, 4.69) is 4.74 Å². The molecule has 0 spiro atoms. The summed E-state index contributed by atoms with van der Waals surface area (Å²) in [5.41, 5.74) is -0.794. The number of aryl methyl sites for hydroxylation is 1. The lowest BCUT2D eigenvalue weighted by molar-refractivity contribution is -0.139. The topological polar surface area (TPSA) is 44.8 Å². The molecule has 0 heterocycles. The second-order valence-corrected chi connectivity index (χ2v) is 6.51. The van der Waals surface area contributed by atoms with Crippen molar-refractivity contribution in [2.75, 3.05) is 7.11 Å². The Morgan fingerprint density at radius 3 is 2.48 bits per heavy atom. The van der Waals surface area contributed by atoms with Crippen molar-refractivity contribution in [1.82, 2.24) is 0 Å². The molecule has 0 fully saturated rings. The number of methoxy groups -OCH3 is 1. The van der Waals surface area contributed by atoms with Crippen molar-refractivity contribution in [2.45, 2.75) is 26.1 Å². The molecule has 9 heteroatoms. The van der Waals surface area contributed by atoms with Crippen molar-refractivity contribution in [3.05, 3.63) is 56.4 Å². The lowest BCUT2D eigenvalue weighted by Gasteiger charge is -2.17. The Kier molecular flexibility index (Phi) is 6.90. The number of carbonyl (C=O) groups is 1. The molecule has 0 bridgehead atoms. The summed E-state index contributed by atoms with van der Waals surface area (Å²) in [4.78, 5) is 11.3. The first-order chi connectivity index (χ1) is 12.7. The summed E-state index contributed by atoms with van der Waals surface area (Å²) in [6.07, 6.45) is -5.57. The van der Waals surface area contributed by atoms with E-state index in [0.717, 1.165) is 19.2 Å². The van der Waals surface area contributed by atoms with E-state index in [9.17, 15) is 22.4 Å². The number of hydrogen-bond donors (Lipinski definition) is 0. The number of rotatable bonds is 5. The fourth-order valence-electron chi connectivity index (χ4n) is 2.27. The Balaban J connectivity index is 2.37. The molecule has 0 aromatic heterocycles. The first kappa shape index (κ1) is 21.3. The van der Waals surface area contributed by atoms with Gasteiger partial charge in [-0.15, -0.1) is 0 Å². The van der Waals surface area contributed by atoms with Gasteiger partial charge in [-0.25, -0.2) is 9.18 Å². The first-order valence-electron chi connectivity index (χ1n) is 7.73. The largest absolute Gasteiger partial charge is 0.513 e. The minimum absolute atomic E-state index is 0.0568. The lowest BCUT2D eigenvalue weighted by Crippen LogP contribution is -2.13. The van der Waals surface area contributed by atoms with Crippen LogP contribution in [0.2, 0.25) is 0 Å². The van der Waals surface area contributed by atoms with Crippen LogP contribution in [-0.2, 0) is 23.9 Å². The van der Waals surface area contributed by atoms with Crippen LogP contribution in [0.15, 0.2) is 30.3 Å². The molecule has 2 aromatic rings. The third kappa shape index (κ3) is 5.24. The van der Waals surface area contributed by atoms with E-state index < -0.39 is 29.5 Å². The molecule has 0 radical (unpaired) electrons. The Morgan fingerprint density at radius 1 is 1.19 bits per heavy atom. The summed E-state index contributed by atoms with van der Waals surface area (Å²) in [7, 11) is 1.13. The zero-order valence-corrected chi connectivity index (χ0v) is 16.5. The van der Waals surface area contributed by atoms with Crippen LogP contribution in [0.25, 0.3) is 0 Å². The Hall–Kier alpha value is -2.04. The van der Waals surface area contributed by atoms with Gasteiger partial charge in [-0.1, -0.05) is 13.0 Å². The maximum atomic E-state index is 14.0. The molecular weight excluding hydrogens is 483 g/mol. The van der Waals surface area contributed by atoms with Crippen LogP contribution >= 0.6 is 22.6 Å². The van der Waals surface area contributed by atoms with Gasteiger partial charge in [0.25, 0.3) is 0 Å². The standard InChI is InChI=1S/C18H15F4IO4/c1-3-10-7-12(18(20,21)22)16(8-13(10)19)26-9-11-14(23)5-4-6-15(11)27-17(24)25-2/h4-8H,3,9H2,1-2H3. The molecule has 0 amide bonds. The van der Waals surface area contributed by atoms with Crippen LogP contribution in [0.4, 0.5) is 22.4 Å². The van der Waals surface area contributed by atoms with Crippen molar-refractivity contribution in [3.63, 3.8) is 0 Å². The van der Waals surface area contributed by atoms with Crippen molar-refractivity contribution >= 4 is 28.7 Å². The molecule has 0 saturated carbocycles. The average molecular weight is 498 g/mol. The zero-order chi connectivity index (χ0) is 20.2. The zero-order valence-electron chi connectivity index (χ0n) is 14.3. The van der Waals surface area contributed by atoms with Gasteiger partial charge in [-0.3, -0.25) is 0 Å². The Bertz CT molecular complexity index is 837. The van der Waals surface area contributed by atoms with E-state index in [4.69, 9.17) is 9.47 Å². The second-order valence-electron chi connectivity index (χ2n) is 5.35. The first-order valence-corrected chi connectivity index (χ1v) is 8.80. The third-order valence-corrected chi connectivity index (χ3v) is 4.65. The summed E-state index contributed by atoms with van der Waals surface area (Å²) < 4.78 is 69.2. The van der Waals surface area contributed by atoms with Gasteiger partial charge in [-0.05, 0) is 52.8 Å². The van der Waals surface area contributed by atoms with E-state index in [1.165, 1.54) is 6.07 Å². The monoisotopic (exact) mass is 498 g/mol. The minimum atomic E-state index is -4.71. The molecule has 0 atom stereocenters. The van der Waals surface area contributed by atoms with E-state index in [0.29, 0.717) is 9.13 Å². The molecule has 2 aromatic carbocycles. The Morgan fingerprint density at radius 2 is 1.89 bits per heavy atom. The van der Waals surface area contributed by atoms with Crippen LogP contribution in [0, 0.1) is 9.39 Å². The third-order valence-electron chi connectivity index (χ3n) is 3.64. The average Bonchev–Trinajstić information content (AvgIpc) is 2.60. The molecule has 27 heavy (non-hydrogen) atoms. The van der Waals surface area contributed by atoms with Gasteiger partial charge in [0.1, 0.15) is 23.9 Å². The van der Waals surface area contributed by atoms with Crippen LogP contribution in [0.1, 0.15) is 23.6 Å². The maximum absolute atomic E-state index is 14.0. The molecule has 0 saturated heterocycles. The van der Waals surface area contributed by atoms with Crippen LogP contribution in [0.5, 0.6) is 11.5 Å². The maximum Gasteiger partial charge on any atom is 0.513 e. The van der Waals surface area contributed by atoms with E-state index in [1.54, 1.807) is 19.1 Å². The van der Waals surface area contributed by atoms with Crippen molar-refractivity contribution in [1.29, 1.82) is 0 Å². The molecule has 146 valence electrons. The molecular formula is C18H15F4IO4. The highest BCUT2D eigenvalue weighted by Gasteiger charge is 2.35. The van der Waals surface area contributed by atoms with Crippen molar-refractivity contribution < 1.29 is 36.6 Å². The summed E-state index contributed by atoms with van der Waals surface area (Å²) in [5, 5.41) is 0. The van der Waals surface area contributed by atoms with Gasteiger partial charge < -0.3 is 14.2 Å². The van der Waals surface area contributed by atoms with Crippen LogP contribution in [-0.4, -0.2) is 13.3 Å². The smallest absolute Gasteiger partial charge is 0.488 e. The summed E-state index contributed by atoms with van der Waals surface area (Å²) >= 11 is 1.92. The summed E-state index contributed by atoms with van der Waals surface area (Å²) in [6, 6.07) is 6.17. The Labute approximate surface area is 166 Å². The van der Waals surface area contributed by atoms with E-state index in [-0.39, 0.29) is 24.3 Å². The van der Waals surface area contributed by atoms with Gasteiger partial charge in [0.2, 0.25) is 0 Å². The normalized spacial score (nSPS) is 11.2. The van der Waals surface area contributed by atoms with E-state index >= 15 is 0 Å². The molecule has 4 nitrogen and oxygen atoms in total. The van der Waals surface area contributed by atoms with Gasteiger partial charge in [0, 0.05) is 15.2 Å². The van der Waals surface area contributed by atoms with Gasteiger partial charge in [0.15, 0.2) is 0 Å². The quantitative estimate of drug-likeness (QED) is 0.229. The fourth-order valence-corrected chi connectivity index (χ4v) is 2.90. The number of alkyl halides is 3. The van der Waals surface area contributed by atoms with Crippen LogP contribution < -0.4 is 9.47 Å². The molecule has 0 unspecified atom stereocenters. The predicted molar refractivity (Wildman–Crippen MR) is 97.3 cm³/mol. The molecule has 0 aliphatic carbocycles. The number of halogens is 5. The predicted octanol–water partition coefficient (Wildman–Crippen LogP) is 5.74. The second kappa shape index (κ2) is 8.77. The fraction of sp³-hybridized carbons (Fsp3) is 0.278. The van der Waals surface area contributed by atoms with Gasteiger partial charge >= 0.3 is 12.3 Å². The minimum Gasteiger partial charge on any atom is -0.488 e. The highest BCUT2D eigenvalue weighted by molar-refractivity contribution is 14.1. The lowest BCUT2D eigenvalue weighted by atomic mass is 10.1. The highest BCUT2D eigenvalue weighted by Crippen LogP contribution is 2.38. The number of hydrogen-bond acceptors (Lipinski definition) is 4. The molecule has 0 N–H and O–H groups in total. The molecule has 0 aliphatic heterocycles. The molecule has 2 rings (SSSR count). The number of ether oxygens (including phenoxy) is 3. The van der Waals surface area contributed by atoms with Gasteiger partial charge in [-0.2, -0.15) is 13.2 Å². The van der Waals surface area contributed by atoms with Gasteiger partial charge in [0.05, 0.1) is 12.7 Å². The molecule has 0 aliphatic rings. The highest BCUT2D eigenvalue weighted by atomic mass is 127. The summed E-state index contributed by atoms with van der Waals surface area (Å²) in [5.74, 6) is -1.34. The van der Waals surface area contributed by atoms with Crippen molar-refractivity contribution in [3.8, 4) is 11.5 Å². The van der Waals surface area contributed by atoms with Crippen molar-refractivity contribution in [2.24, 2.45) is 0 Å². The van der Waals surface area contributed by atoms with Crippen LogP contribution in [0.3, 0.4) is 0 Å².